The molecule has 0 radical (unpaired) electrons. The summed E-state index contributed by atoms with van der Waals surface area (Å²) in [6, 6.07) is 0. The largest absolute Gasteiger partial charge is 0.481 e. The van der Waals surface area contributed by atoms with Crippen LogP contribution in [0.15, 0.2) is 0 Å². The van der Waals surface area contributed by atoms with E-state index in [1.807, 2.05) is 0 Å². The van der Waals surface area contributed by atoms with Gasteiger partial charge in [0.15, 0.2) is 0 Å². The van der Waals surface area contributed by atoms with E-state index in [0.29, 0.717) is 104 Å². The first-order chi connectivity index (χ1) is 52.8. The van der Waals surface area contributed by atoms with Crippen molar-refractivity contribution in [2.45, 2.75) is 334 Å². The van der Waals surface area contributed by atoms with Crippen molar-refractivity contribution in [3.63, 3.8) is 0 Å². The summed E-state index contributed by atoms with van der Waals surface area (Å²) in [5, 5.41) is 58.9. The molecule has 0 aliphatic carbocycles. The van der Waals surface area contributed by atoms with Gasteiger partial charge in [-0.15, -0.1) is 0 Å². The summed E-state index contributed by atoms with van der Waals surface area (Å²) in [7, 11) is 0. The van der Waals surface area contributed by atoms with Crippen molar-refractivity contribution in [3.05, 3.63) is 0 Å². The minimum absolute atomic E-state index is 0.0234. The van der Waals surface area contributed by atoms with Crippen LogP contribution >= 0.6 is 0 Å². The Hall–Kier alpha value is -6.52. The molecule has 109 heavy (non-hydrogen) atoms. The molecule has 0 atom stereocenters. The molecule has 28 nitrogen and oxygen atoms in total. The van der Waals surface area contributed by atoms with Gasteiger partial charge in [-0.2, -0.15) is 0 Å². The summed E-state index contributed by atoms with van der Waals surface area (Å²) in [6.07, 6.45) is 37.3. The van der Waals surface area contributed by atoms with Gasteiger partial charge in [0.05, 0.1) is 58.3 Å². The second-order valence-electron chi connectivity index (χ2n) is 29.2. The Kier molecular flexibility index (Phi) is 72.2. The van der Waals surface area contributed by atoms with Gasteiger partial charge in [-0.3, -0.25) is 57.5 Å². The number of aliphatic carboxylic acids is 4. The number of hydrogen-bond donors (Lipinski definition) is 12. The summed E-state index contributed by atoms with van der Waals surface area (Å²) in [5.41, 5.74) is -0.989. The molecule has 0 spiro atoms. The van der Waals surface area contributed by atoms with E-state index in [9.17, 15) is 57.5 Å². The van der Waals surface area contributed by atoms with Gasteiger partial charge in [-0.05, 0) is 103 Å². The average molecular weight is 1550 g/mol. The Bertz CT molecular complexity index is 2050. The molecule has 0 heterocycles. The van der Waals surface area contributed by atoms with E-state index in [-0.39, 0.29) is 151 Å². The topological polar surface area (TPSA) is 419 Å². The zero-order valence-corrected chi connectivity index (χ0v) is 66.9. The number of carbonyl (C=O) groups is 12. The van der Waals surface area contributed by atoms with Crippen LogP contribution in [0.4, 0.5) is 0 Å². The van der Waals surface area contributed by atoms with E-state index in [0.717, 1.165) is 231 Å². The summed E-state index contributed by atoms with van der Waals surface area (Å²) < 4.78 is 24.9. The summed E-state index contributed by atoms with van der Waals surface area (Å²) in [5.74, 6) is -3.68. The third kappa shape index (κ3) is 78.0. The van der Waals surface area contributed by atoms with Gasteiger partial charge in [0.1, 0.15) is 0 Å². The van der Waals surface area contributed by atoms with Crippen molar-refractivity contribution in [1.82, 2.24) is 42.5 Å². The number of unbranched alkanes of at least 4 members (excludes halogenated alkanes) is 32. The van der Waals surface area contributed by atoms with E-state index in [1.54, 1.807) is 0 Å². The number of nitrogens with one attached hydrogen (secondary N) is 8. The van der Waals surface area contributed by atoms with Crippen LogP contribution in [0, 0.1) is 5.41 Å². The maximum absolute atomic E-state index is 13.0. The monoisotopic (exact) mass is 1550 g/mol. The molecule has 0 fully saturated rings. The minimum Gasteiger partial charge on any atom is -0.481 e. The highest BCUT2D eigenvalue weighted by Crippen LogP contribution is 2.22. The maximum Gasteiger partial charge on any atom is 0.303 e. The van der Waals surface area contributed by atoms with E-state index >= 15 is 0 Å². The number of hydrogen-bond acceptors (Lipinski definition) is 16. The van der Waals surface area contributed by atoms with Crippen molar-refractivity contribution in [1.29, 1.82) is 0 Å². The van der Waals surface area contributed by atoms with Gasteiger partial charge in [0.25, 0.3) is 0 Å². The van der Waals surface area contributed by atoms with Crippen LogP contribution in [0.3, 0.4) is 0 Å². The predicted octanol–water partition coefficient (Wildman–Crippen LogP) is 11.6. The lowest BCUT2D eigenvalue weighted by atomic mass is 9.92. The average Bonchev–Trinajstić information content (AvgIpc) is 0.867. The Balaban J connectivity index is 5.52. The smallest absolute Gasteiger partial charge is 0.303 e. The number of ether oxygens (including phenoxy) is 4. The maximum atomic E-state index is 13.0. The van der Waals surface area contributed by atoms with Crippen molar-refractivity contribution in [3.8, 4) is 0 Å². The van der Waals surface area contributed by atoms with Crippen molar-refractivity contribution in [2.24, 2.45) is 5.41 Å². The second-order valence-corrected chi connectivity index (χ2v) is 29.2. The molecule has 632 valence electrons. The van der Waals surface area contributed by atoms with E-state index < -0.39 is 29.3 Å². The van der Waals surface area contributed by atoms with Gasteiger partial charge < -0.3 is 81.9 Å². The molecule has 28 heteroatoms. The number of amides is 8. The van der Waals surface area contributed by atoms with Crippen LogP contribution in [0.2, 0.25) is 0 Å². The van der Waals surface area contributed by atoms with Crippen molar-refractivity contribution in [2.75, 3.05) is 105 Å². The van der Waals surface area contributed by atoms with Crippen LogP contribution < -0.4 is 42.5 Å². The molecular formula is C81H148N8O20. The molecule has 0 saturated carbocycles. The third-order valence-corrected chi connectivity index (χ3v) is 18.7. The normalized spacial score (nSPS) is 11.2. The zero-order valence-electron chi connectivity index (χ0n) is 66.9. The fourth-order valence-corrected chi connectivity index (χ4v) is 12.1. The lowest BCUT2D eigenvalue weighted by Gasteiger charge is -2.33. The molecular weight excluding hydrogens is 1400 g/mol. The van der Waals surface area contributed by atoms with E-state index in [1.165, 1.54) is 0 Å². The molecule has 0 aromatic heterocycles. The lowest BCUT2D eigenvalue weighted by molar-refractivity contribution is -0.138. The number of carboxylic acids is 4. The quantitative estimate of drug-likeness (QED) is 0.0252. The number of carboxylic acid groups (broad SMARTS) is 4. The molecule has 0 aliphatic rings. The van der Waals surface area contributed by atoms with E-state index in [4.69, 9.17) is 39.4 Å². The SMILES string of the molecule is O=C(O)CCCCCCCNC(=O)CCCCCCCNC(=O)CCOCC(COCCC(=O)NCCCCCCCC(=O)NCCCCCCCC(=O)O)(COCCC(=O)NCCCCCCCC(=O)NCCCCCCCC(=O)O)COCCC(=O)NCCCCCCCC(=O)NCCCCCCCC(=O)O. The minimum atomic E-state index is -0.989. The Morgan fingerprint density at radius 2 is 0.303 bits per heavy atom. The molecule has 0 bridgehead atoms. The van der Waals surface area contributed by atoms with Gasteiger partial charge >= 0.3 is 23.9 Å². The van der Waals surface area contributed by atoms with Crippen LogP contribution in [-0.4, -0.2) is 197 Å². The Morgan fingerprint density at radius 3 is 0.459 bits per heavy atom. The highest BCUT2D eigenvalue weighted by Gasteiger charge is 2.33. The summed E-state index contributed by atoms with van der Waals surface area (Å²) in [4.78, 5) is 144. The second kappa shape index (κ2) is 76.8. The van der Waals surface area contributed by atoms with Crippen LogP contribution in [0.5, 0.6) is 0 Å². The highest BCUT2D eigenvalue weighted by atomic mass is 16.5. The molecule has 0 aromatic rings. The van der Waals surface area contributed by atoms with E-state index in [2.05, 4.69) is 42.5 Å². The van der Waals surface area contributed by atoms with Crippen molar-refractivity contribution < 1.29 is 96.9 Å². The fourth-order valence-electron chi connectivity index (χ4n) is 12.1. The fraction of sp³-hybridized carbons (Fsp3) is 0.852. The third-order valence-electron chi connectivity index (χ3n) is 18.7. The molecule has 0 aromatic carbocycles. The van der Waals surface area contributed by atoms with Gasteiger partial charge in [-0.1, -0.05) is 154 Å². The first-order valence-corrected chi connectivity index (χ1v) is 42.1. The summed E-state index contributed by atoms with van der Waals surface area (Å²) >= 11 is 0. The molecule has 8 amide bonds. The summed E-state index contributed by atoms with van der Waals surface area (Å²) in [6.45, 7) is 4.81. The lowest BCUT2D eigenvalue weighted by Crippen LogP contribution is -2.43. The molecule has 0 aliphatic heterocycles. The van der Waals surface area contributed by atoms with Gasteiger partial charge in [-0.25, -0.2) is 0 Å². The molecule has 12 N–H and O–H groups in total. The Labute approximate surface area is 652 Å². The standard InChI is InChI=1S/C81H148N8O20/c90-69(82-53-33-21-5-13-29-45-77(98)99)41-25-9-1-17-37-57-86-73(94)49-61-106-65-81(66-107-62-50-74(95)87-58-38-18-2-10-26-42-70(91)83-54-34-22-6-14-30-46-78(100)101,67-108-63-51-75(96)88-59-39-19-3-11-27-43-71(92)84-55-35-23-7-15-31-47-79(102)103)68-109-64-52-76(97)89-60-40-20-4-12-28-44-72(93)85-56-36-24-8-16-32-48-80(104)105/h1-68H2,(H,82,90)(H,83,91)(H,84,92)(H,85,93)(H,86,94)(H,87,95)(H,88,96)(H,89,97)(H,98,99)(H,100,101)(H,102,103)(H,104,105). The van der Waals surface area contributed by atoms with Gasteiger partial charge in [0, 0.05) is 129 Å². The zero-order chi connectivity index (χ0) is 80.0. The number of carbonyl (C=O) groups excluding carboxylic acids is 8. The van der Waals surface area contributed by atoms with Crippen LogP contribution in [0.1, 0.15) is 334 Å². The first kappa shape index (κ1) is 102. The predicted molar refractivity (Wildman–Crippen MR) is 420 cm³/mol. The van der Waals surface area contributed by atoms with Gasteiger partial charge in [0.2, 0.25) is 47.3 Å². The molecule has 0 unspecified atom stereocenters. The number of rotatable bonds is 84. The molecule has 0 saturated heterocycles. The first-order valence-electron chi connectivity index (χ1n) is 42.1. The van der Waals surface area contributed by atoms with Crippen LogP contribution in [0.25, 0.3) is 0 Å². The Morgan fingerprint density at radius 1 is 0.174 bits per heavy atom. The molecule has 0 rings (SSSR count). The van der Waals surface area contributed by atoms with Crippen LogP contribution in [-0.2, 0) is 76.5 Å². The van der Waals surface area contributed by atoms with Crippen molar-refractivity contribution >= 4 is 71.1 Å². The highest BCUT2D eigenvalue weighted by molar-refractivity contribution is 5.78.